The molecular weight excluding hydrogens is 520 g/mol. The van der Waals surface area contributed by atoms with Crippen LogP contribution < -0.4 is 9.47 Å². The van der Waals surface area contributed by atoms with E-state index in [2.05, 4.69) is 27.7 Å². The quantitative estimate of drug-likeness (QED) is 0.0665. The summed E-state index contributed by atoms with van der Waals surface area (Å²) in [4.78, 5) is 12.6. The lowest BCUT2D eigenvalue weighted by molar-refractivity contribution is 0.0626. The maximum absolute atomic E-state index is 12.6. The number of carbonyl (C=O) groups is 1. The summed E-state index contributed by atoms with van der Waals surface area (Å²) in [5.41, 5.74) is 1.60. The molecule has 0 saturated carbocycles. The first-order valence-corrected chi connectivity index (χ1v) is 17.2. The lowest BCUT2D eigenvalue weighted by Crippen LogP contribution is -2.11. The second-order valence-corrected chi connectivity index (χ2v) is 12.0. The number of ether oxygens (including phenoxy) is 3. The van der Waals surface area contributed by atoms with Crippen LogP contribution in [0.1, 0.15) is 165 Å². The van der Waals surface area contributed by atoms with Gasteiger partial charge < -0.3 is 14.2 Å². The summed E-state index contributed by atoms with van der Waals surface area (Å²) < 4.78 is 17.5. The van der Waals surface area contributed by atoms with Crippen LogP contribution in [0.4, 0.5) is 0 Å². The number of benzene rings is 2. The zero-order valence-electron chi connectivity index (χ0n) is 27.3. The second kappa shape index (κ2) is 23.2. The predicted molar refractivity (Wildman–Crippen MR) is 177 cm³/mol. The van der Waals surface area contributed by atoms with E-state index in [0.717, 1.165) is 37.2 Å². The van der Waals surface area contributed by atoms with E-state index in [1.165, 1.54) is 96.3 Å². The summed E-state index contributed by atoms with van der Waals surface area (Å²) in [6.07, 6.45) is 24.2. The minimum Gasteiger partial charge on any atom is -0.491 e. The fraction of sp³-hybridized carbons (Fsp3) is 0.658. The lowest BCUT2D eigenvalue weighted by Gasteiger charge is -2.14. The van der Waals surface area contributed by atoms with Gasteiger partial charge in [0.05, 0.1) is 17.8 Å². The highest BCUT2D eigenvalue weighted by atomic mass is 16.5. The van der Waals surface area contributed by atoms with Gasteiger partial charge in [-0.3, -0.25) is 0 Å². The Morgan fingerprint density at radius 1 is 0.595 bits per heavy atom. The number of unbranched alkanes of at least 4 members (excludes halogenated alkanes) is 15. The van der Waals surface area contributed by atoms with Crippen molar-refractivity contribution in [2.75, 3.05) is 6.61 Å². The average molecular weight is 581 g/mol. The fourth-order valence-electron chi connectivity index (χ4n) is 5.35. The zero-order chi connectivity index (χ0) is 30.3. The lowest BCUT2D eigenvalue weighted by atomic mass is 10.0. The molecule has 0 saturated heterocycles. The first-order chi connectivity index (χ1) is 20.5. The number of carbonyl (C=O) groups excluding carboxylic acids is 1. The largest absolute Gasteiger partial charge is 0.491 e. The van der Waals surface area contributed by atoms with Gasteiger partial charge in [0.2, 0.25) is 0 Å². The molecule has 236 valence electrons. The van der Waals surface area contributed by atoms with Crippen molar-refractivity contribution in [2.45, 2.75) is 155 Å². The summed E-state index contributed by atoms with van der Waals surface area (Å²) in [6, 6.07) is 14.8. The smallest absolute Gasteiger partial charge is 0.343 e. The monoisotopic (exact) mass is 580 g/mol. The summed E-state index contributed by atoms with van der Waals surface area (Å²) in [6.45, 7) is 9.35. The van der Waals surface area contributed by atoms with Gasteiger partial charge in [0.1, 0.15) is 11.5 Å². The van der Waals surface area contributed by atoms with Crippen LogP contribution in [-0.4, -0.2) is 18.7 Å². The number of hydrogen-bond donors (Lipinski definition) is 0. The van der Waals surface area contributed by atoms with E-state index >= 15 is 0 Å². The van der Waals surface area contributed by atoms with Gasteiger partial charge in [-0.1, -0.05) is 129 Å². The first kappa shape index (κ1) is 35.9. The Kier molecular flexibility index (Phi) is 19.8. The molecule has 2 rings (SSSR count). The molecule has 2 unspecified atom stereocenters. The summed E-state index contributed by atoms with van der Waals surface area (Å²) in [7, 11) is 0. The van der Waals surface area contributed by atoms with Crippen molar-refractivity contribution < 1.29 is 19.0 Å². The number of esters is 1. The topological polar surface area (TPSA) is 44.8 Å². The van der Waals surface area contributed by atoms with Crippen LogP contribution in [0, 0.1) is 0 Å². The maximum atomic E-state index is 12.6. The summed E-state index contributed by atoms with van der Waals surface area (Å²) >= 11 is 0. The van der Waals surface area contributed by atoms with Gasteiger partial charge in [0, 0.05) is 6.61 Å². The summed E-state index contributed by atoms with van der Waals surface area (Å²) in [5.74, 6) is 0.931. The standard InChI is InChI=1S/C38H60O4/c1-5-7-8-9-10-11-12-13-14-15-16-17-18-19-20-21-31-40-33(4)34-23-25-35(26-24-34)38(39)42-37-29-27-36(28-30-37)41-32(3)22-6-2/h23-30,32-33H,5-22,31H2,1-4H3. The third-order valence-corrected chi connectivity index (χ3v) is 8.05. The Bertz CT molecular complexity index is 921. The van der Waals surface area contributed by atoms with Crippen molar-refractivity contribution in [1.29, 1.82) is 0 Å². The highest BCUT2D eigenvalue weighted by Gasteiger charge is 2.12. The van der Waals surface area contributed by atoms with Crippen LogP contribution >= 0.6 is 0 Å². The second-order valence-electron chi connectivity index (χ2n) is 12.0. The van der Waals surface area contributed by atoms with Crippen molar-refractivity contribution in [3.05, 3.63) is 59.7 Å². The molecule has 2 aromatic rings. The molecule has 2 aromatic carbocycles. The SMILES string of the molecule is CCCCCCCCCCCCCCCCCCOC(C)c1ccc(C(=O)Oc2ccc(OC(C)CCC)cc2)cc1. The number of hydrogen-bond acceptors (Lipinski definition) is 4. The van der Waals surface area contributed by atoms with Gasteiger partial charge in [-0.05, 0) is 68.7 Å². The predicted octanol–water partition coefficient (Wildman–Crippen LogP) is 11.8. The third kappa shape index (κ3) is 16.3. The highest BCUT2D eigenvalue weighted by Crippen LogP contribution is 2.22. The molecule has 0 aromatic heterocycles. The van der Waals surface area contributed by atoms with Gasteiger partial charge in [-0.15, -0.1) is 0 Å². The van der Waals surface area contributed by atoms with Gasteiger partial charge in [0.25, 0.3) is 0 Å². The summed E-state index contributed by atoms with van der Waals surface area (Å²) in [5, 5.41) is 0. The van der Waals surface area contributed by atoms with E-state index in [0.29, 0.717) is 11.3 Å². The van der Waals surface area contributed by atoms with Crippen LogP contribution in [0.25, 0.3) is 0 Å². The third-order valence-electron chi connectivity index (χ3n) is 8.05. The van der Waals surface area contributed by atoms with Gasteiger partial charge in [-0.2, -0.15) is 0 Å². The highest BCUT2D eigenvalue weighted by molar-refractivity contribution is 5.91. The molecule has 0 amide bonds. The Morgan fingerprint density at radius 2 is 1.07 bits per heavy atom. The molecular formula is C38H60O4. The van der Waals surface area contributed by atoms with Crippen LogP contribution in [0.2, 0.25) is 0 Å². The van der Waals surface area contributed by atoms with Crippen molar-refractivity contribution in [2.24, 2.45) is 0 Å². The van der Waals surface area contributed by atoms with Gasteiger partial charge >= 0.3 is 5.97 Å². The molecule has 0 aliphatic rings. The molecule has 4 nitrogen and oxygen atoms in total. The fourth-order valence-corrected chi connectivity index (χ4v) is 5.35. The van der Waals surface area contributed by atoms with Crippen molar-refractivity contribution in [3.63, 3.8) is 0 Å². The molecule has 0 heterocycles. The normalized spacial score (nSPS) is 12.7. The van der Waals surface area contributed by atoms with E-state index in [1.807, 2.05) is 36.4 Å². The Balaban J connectivity index is 1.50. The molecule has 0 fully saturated rings. The molecule has 42 heavy (non-hydrogen) atoms. The van der Waals surface area contributed by atoms with Gasteiger partial charge in [-0.25, -0.2) is 4.79 Å². The minimum atomic E-state index is -0.365. The van der Waals surface area contributed by atoms with E-state index in [-0.39, 0.29) is 18.2 Å². The number of rotatable bonds is 25. The molecule has 0 N–H and O–H groups in total. The van der Waals surface area contributed by atoms with Crippen LogP contribution in [0.5, 0.6) is 11.5 Å². The molecule has 0 spiro atoms. The molecule has 0 aliphatic heterocycles. The van der Waals surface area contributed by atoms with Crippen molar-refractivity contribution >= 4 is 5.97 Å². The van der Waals surface area contributed by atoms with E-state index < -0.39 is 0 Å². The Morgan fingerprint density at radius 3 is 1.57 bits per heavy atom. The first-order valence-electron chi connectivity index (χ1n) is 17.2. The maximum Gasteiger partial charge on any atom is 0.343 e. The molecule has 0 bridgehead atoms. The van der Waals surface area contributed by atoms with Crippen LogP contribution in [-0.2, 0) is 4.74 Å². The molecule has 2 atom stereocenters. The minimum absolute atomic E-state index is 0.00838. The molecule has 4 heteroatoms. The van der Waals surface area contributed by atoms with E-state index in [9.17, 15) is 4.79 Å². The van der Waals surface area contributed by atoms with E-state index in [4.69, 9.17) is 14.2 Å². The van der Waals surface area contributed by atoms with Gasteiger partial charge in [0.15, 0.2) is 0 Å². The van der Waals surface area contributed by atoms with Crippen molar-refractivity contribution in [3.8, 4) is 11.5 Å². The van der Waals surface area contributed by atoms with Crippen LogP contribution in [0.3, 0.4) is 0 Å². The zero-order valence-corrected chi connectivity index (χ0v) is 27.3. The van der Waals surface area contributed by atoms with Crippen molar-refractivity contribution in [1.82, 2.24) is 0 Å². The van der Waals surface area contributed by atoms with Crippen LogP contribution in [0.15, 0.2) is 48.5 Å². The Labute approximate surface area is 257 Å². The average Bonchev–Trinajstić information content (AvgIpc) is 2.99. The molecule has 0 radical (unpaired) electrons. The Hall–Kier alpha value is -2.33. The van der Waals surface area contributed by atoms with E-state index in [1.54, 1.807) is 12.1 Å². The molecule has 0 aliphatic carbocycles.